The molecule has 0 aliphatic carbocycles. The molecule has 0 saturated heterocycles. The first-order chi connectivity index (χ1) is 20.8. The van der Waals surface area contributed by atoms with E-state index in [4.69, 9.17) is 30.8 Å². The third kappa shape index (κ3) is 6.42. The fourth-order valence-electron chi connectivity index (χ4n) is 4.86. The molecule has 5 aromatic rings. The number of hydrogen-bond donors (Lipinski definition) is 0. The summed E-state index contributed by atoms with van der Waals surface area (Å²) in [6.45, 7) is 8.85. The number of halogens is 1. The summed E-state index contributed by atoms with van der Waals surface area (Å²) in [6.07, 6.45) is 1.63. The summed E-state index contributed by atoms with van der Waals surface area (Å²) in [5.41, 5.74) is 4.71. The fourth-order valence-corrected chi connectivity index (χ4v) is 5.05. The smallest absolute Gasteiger partial charge is 0.282 e. The SMILES string of the molecule is CCOc1cc(C=Nn2c(-c3cc(C(C)C)c(OC)cc3C)nc3ccccc3c2=O)ccc1OCc1ccccc1Cl. The lowest BCUT2D eigenvalue weighted by atomic mass is 9.96. The molecule has 7 nitrogen and oxygen atoms in total. The first-order valence-electron chi connectivity index (χ1n) is 14.2. The van der Waals surface area contributed by atoms with Crippen LogP contribution >= 0.6 is 11.6 Å². The van der Waals surface area contributed by atoms with E-state index in [2.05, 4.69) is 18.9 Å². The van der Waals surface area contributed by atoms with Gasteiger partial charge in [-0.25, -0.2) is 4.98 Å². The zero-order valence-corrected chi connectivity index (χ0v) is 25.7. The van der Waals surface area contributed by atoms with E-state index in [9.17, 15) is 4.79 Å². The molecule has 0 aliphatic rings. The second-order valence-electron chi connectivity index (χ2n) is 10.4. The summed E-state index contributed by atoms with van der Waals surface area (Å²) < 4.78 is 18.9. The highest BCUT2D eigenvalue weighted by atomic mass is 35.5. The maximum Gasteiger partial charge on any atom is 0.282 e. The number of nitrogens with zero attached hydrogens (tertiary/aromatic N) is 3. The molecule has 0 atom stereocenters. The number of para-hydroxylation sites is 1. The van der Waals surface area contributed by atoms with Gasteiger partial charge >= 0.3 is 0 Å². The van der Waals surface area contributed by atoms with E-state index in [1.54, 1.807) is 19.4 Å². The van der Waals surface area contributed by atoms with Crippen LogP contribution in [0.1, 0.15) is 48.9 Å². The molecule has 43 heavy (non-hydrogen) atoms. The van der Waals surface area contributed by atoms with Crippen molar-refractivity contribution < 1.29 is 14.2 Å². The van der Waals surface area contributed by atoms with E-state index >= 15 is 0 Å². The molecule has 0 spiro atoms. The van der Waals surface area contributed by atoms with E-state index in [1.165, 1.54) is 4.68 Å². The highest BCUT2D eigenvalue weighted by Gasteiger charge is 2.18. The minimum Gasteiger partial charge on any atom is -0.496 e. The average Bonchev–Trinajstić information content (AvgIpc) is 3.00. The van der Waals surface area contributed by atoms with E-state index < -0.39 is 0 Å². The van der Waals surface area contributed by atoms with E-state index in [0.717, 1.165) is 33.6 Å². The number of benzene rings is 4. The van der Waals surface area contributed by atoms with Gasteiger partial charge in [-0.1, -0.05) is 55.8 Å². The van der Waals surface area contributed by atoms with Crippen LogP contribution in [-0.2, 0) is 6.61 Å². The lowest BCUT2D eigenvalue weighted by molar-refractivity contribution is 0.269. The van der Waals surface area contributed by atoms with Crippen LogP contribution in [0.3, 0.4) is 0 Å². The highest BCUT2D eigenvalue weighted by molar-refractivity contribution is 6.31. The number of aromatic nitrogens is 2. The largest absolute Gasteiger partial charge is 0.496 e. The minimum absolute atomic E-state index is 0.203. The van der Waals surface area contributed by atoms with Gasteiger partial charge in [-0.3, -0.25) is 4.79 Å². The molecule has 8 heteroatoms. The van der Waals surface area contributed by atoms with Gasteiger partial charge < -0.3 is 14.2 Å². The molecule has 0 saturated carbocycles. The predicted molar refractivity (Wildman–Crippen MR) is 173 cm³/mol. The Balaban J connectivity index is 1.57. The standard InChI is InChI=1S/C35H34ClN3O4/c1-6-42-33-18-24(15-16-31(33)43-21-25-11-7-9-13-29(25)36)20-37-39-34(38-30-14-10-8-12-26(30)35(39)40)28-19-27(22(2)3)32(41-5)17-23(28)4/h7-20,22H,6,21H2,1-5H3. The van der Waals surface area contributed by atoms with Crippen LogP contribution in [-0.4, -0.2) is 29.6 Å². The lowest BCUT2D eigenvalue weighted by Gasteiger charge is -2.17. The van der Waals surface area contributed by atoms with Crippen LogP contribution in [0.4, 0.5) is 0 Å². The second-order valence-corrected chi connectivity index (χ2v) is 10.8. The van der Waals surface area contributed by atoms with Gasteiger partial charge in [-0.05, 0) is 85.0 Å². The Labute approximate surface area is 256 Å². The normalized spacial score (nSPS) is 11.4. The predicted octanol–water partition coefficient (Wildman–Crippen LogP) is 8.02. The van der Waals surface area contributed by atoms with E-state index in [0.29, 0.717) is 46.5 Å². The van der Waals surface area contributed by atoms with Gasteiger partial charge in [0.15, 0.2) is 17.3 Å². The number of methoxy groups -OCH3 is 1. The van der Waals surface area contributed by atoms with Gasteiger partial charge in [0.1, 0.15) is 12.4 Å². The molecule has 0 aliphatic heterocycles. The number of ether oxygens (including phenoxy) is 3. The van der Waals surface area contributed by atoms with E-state index in [1.807, 2.05) is 86.6 Å². The molecule has 0 unspecified atom stereocenters. The minimum atomic E-state index is -0.261. The van der Waals surface area contributed by atoms with Crippen molar-refractivity contribution in [1.82, 2.24) is 9.66 Å². The van der Waals surface area contributed by atoms with Crippen LogP contribution < -0.4 is 19.8 Å². The quantitative estimate of drug-likeness (QED) is 0.153. The fraction of sp³-hybridized carbons (Fsp3) is 0.229. The van der Waals surface area contributed by atoms with Gasteiger partial charge in [0.2, 0.25) is 0 Å². The Morgan fingerprint density at radius 2 is 1.72 bits per heavy atom. The average molecular weight is 596 g/mol. The monoisotopic (exact) mass is 595 g/mol. The summed E-state index contributed by atoms with van der Waals surface area (Å²) in [5.74, 6) is 2.60. The summed E-state index contributed by atoms with van der Waals surface area (Å²) >= 11 is 6.30. The van der Waals surface area contributed by atoms with Crippen LogP contribution in [0.5, 0.6) is 17.2 Å². The molecule has 1 aromatic heterocycles. The van der Waals surface area contributed by atoms with Gasteiger partial charge in [0.25, 0.3) is 5.56 Å². The van der Waals surface area contributed by atoms with Crippen molar-refractivity contribution in [3.8, 4) is 28.6 Å². The van der Waals surface area contributed by atoms with Crippen molar-refractivity contribution in [2.75, 3.05) is 13.7 Å². The van der Waals surface area contributed by atoms with Gasteiger partial charge in [0.05, 0.1) is 30.8 Å². The van der Waals surface area contributed by atoms with Crippen molar-refractivity contribution in [1.29, 1.82) is 0 Å². The molecule has 0 amide bonds. The summed E-state index contributed by atoms with van der Waals surface area (Å²) in [5, 5.41) is 5.79. The van der Waals surface area contributed by atoms with Crippen LogP contribution in [0.15, 0.2) is 88.8 Å². The van der Waals surface area contributed by atoms with Gasteiger partial charge in [-0.15, -0.1) is 0 Å². The first kappa shape index (κ1) is 29.9. The molecule has 0 fully saturated rings. The van der Waals surface area contributed by atoms with Crippen molar-refractivity contribution in [3.05, 3.63) is 116 Å². The zero-order valence-electron chi connectivity index (χ0n) is 24.9. The summed E-state index contributed by atoms with van der Waals surface area (Å²) in [7, 11) is 1.67. The molecule has 0 bridgehead atoms. The maximum absolute atomic E-state index is 13.8. The Bertz CT molecular complexity index is 1860. The number of aryl methyl sites for hydroxylation is 1. The molecule has 220 valence electrons. The Kier molecular flexibility index (Phi) is 9.12. The molecule has 4 aromatic carbocycles. The second kappa shape index (κ2) is 13.1. The lowest BCUT2D eigenvalue weighted by Crippen LogP contribution is -2.20. The zero-order chi connectivity index (χ0) is 30.5. The summed E-state index contributed by atoms with van der Waals surface area (Å²) in [4.78, 5) is 18.7. The maximum atomic E-state index is 13.8. The molecule has 5 rings (SSSR count). The number of hydrogen-bond acceptors (Lipinski definition) is 6. The molecule has 1 heterocycles. The van der Waals surface area contributed by atoms with Crippen molar-refractivity contribution in [2.24, 2.45) is 5.10 Å². The van der Waals surface area contributed by atoms with Crippen molar-refractivity contribution in [3.63, 3.8) is 0 Å². The topological polar surface area (TPSA) is 74.9 Å². The summed E-state index contributed by atoms with van der Waals surface area (Å²) in [6, 6.07) is 24.4. The molecular formula is C35H34ClN3O4. The Morgan fingerprint density at radius 1 is 0.953 bits per heavy atom. The molecule has 0 N–H and O–H groups in total. The Hall–Kier alpha value is -4.62. The van der Waals surface area contributed by atoms with Crippen LogP contribution in [0.25, 0.3) is 22.3 Å². The third-order valence-corrected chi connectivity index (χ3v) is 7.49. The van der Waals surface area contributed by atoms with Crippen LogP contribution in [0.2, 0.25) is 5.02 Å². The van der Waals surface area contributed by atoms with Crippen molar-refractivity contribution in [2.45, 2.75) is 40.2 Å². The van der Waals surface area contributed by atoms with Crippen molar-refractivity contribution >= 4 is 28.7 Å². The highest BCUT2D eigenvalue weighted by Crippen LogP contribution is 2.34. The molecule has 0 radical (unpaired) electrons. The van der Waals surface area contributed by atoms with Gasteiger partial charge in [0, 0.05) is 16.1 Å². The van der Waals surface area contributed by atoms with Gasteiger partial charge in [-0.2, -0.15) is 9.78 Å². The number of fused-ring (bicyclic) bond motifs is 1. The van der Waals surface area contributed by atoms with E-state index in [-0.39, 0.29) is 11.5 Å². The van der Waals surface area contributed by atoms with Crippen LogP contribution in [0, 0.1) is 6.92 Å². The third-order valence-electron chi connectivity index (χ3n) is 7.12. The number of rotatable bonds is 10. The Morgan fingerprint density at radius 3 is 2.47 bits per heavy atom. The first-order valence-corrected chi connectivity index (χ1v) is 14.6. The molecular weight excluding hydrogens is 562 g/mol.